The quantitative estimate of drug-likeness (QED) is 0.656. The standard InChI is InChI=1S/C9H7NO3/c1-6-8(9(11)13-10-6)5-7-3-2-4-12-7/h2-5,10H,1H2/b8-5-. The molecule has 0 aliphatic rings. The van der Waals surface area contributed by atoms with E-state index < -0.39 is 5.63 Å². The molecule has 0 saturated carbocycles. The van der Waals surface area contributed by atoms with E-state index in [1.807, 2.05) is 0 Å². The largest absolute Gasteiger partial charge is 0.465 e. The van der Waals surface area contributed by atoms with Crippen LogP contribution in [-0.4, -0.2) is 5.16 Å². The Kier molecular flexibility index (Phi) is 1.66. The lowest BCUT2D eigenvalue weighted by molar-refractivity contribution is 0.386. The number of aromatic nitrogens is 1. The van der Waals surface area contributed by atoms with Crippen molar-refractivity contribution in [3.8, 4) is 0 Å². The molecule has 2 rings (SSSR count). The summed E-state index contributed by atoms with van der Waals surface area (Å²) in [6.45, 7) is 3.60. The molecule has 0 fully saturated rings. The van der Waals surface area contributed by atoms with Crippen molar-refractivity contribution in [2.45, 2.75) is 0 Å². The summed E-state index contributed by atoms with van der Waals surface area (Å²) in [5.41, 5.74) is -0.443. The van der Waals surface area contributed by atoms with Gasteiger partial charge in [-0.05, 0) is 18.2 Å². The molecule has 4 heteroatoms. The van der Waals surface area contributed by atoms with Gasteiger partial charge < -0.3 is 8.94 Å². The fraction of sp³-hybridized carbons (Fsp3) is 0. The van der Waals surface area contributed by atoms with Crippen LogP contribution in [0.3, 0.4) is 0 Å². The highest BCUT2D eigenvalue weighted by atomic mass is 16.5. The molecule has 2 aromatic heterocycles. The van der Waals surface area contributed by atoms with Gasteiger partial charge in [-0.2, -0.15) is 0 Å². The molecule has 0 amide bonds. The van der Waals surface area contributed by atoms with Gasteiger partial charge in [-0.25, -0.2) is 9.95 Å². The highest BCUT2D eigenvalue weighted by Gasteiger charge is 1.96. The molecule has 13 heavy (non-hydrogen) atoms. The lowest BCUT2D eigenvalue weighted by atomic mass is 10.3. The Morgan fingerprint density at radius 3 is 2.92 bits per heavy atom. The van der Waals surface area contributed by atoms with Gasteiger partial charge >= 0.3 is 5.63 Å². The molecule has 0 aromatic carbocycles. The SMILES string of the molecule is C=c1[nH]oc(=O)/c1=C\c1ccco1. The van der Waals surface area contributed by atoms with Gasteiger partial charge in [0.2, 0.25) is 0 Å². The van der Waals surface area contributed by atoms with Gasteiger partial charge in [0.1, 0.15) is 5.76 Å². The molecule has 4 nitrogen and oxygen atoms in total. The van der Waals surface area contributed by atoms with Gasteiger partial charge in [0.15, 0.2) is 0 Å². The van der Waals surface area contributed by atoms with E-state index in [9.17, 15) is 4.79 Å². The van der Waals surface area contributed by atoms with Crippen LogP contribution in [0.15, 0.2) is 32.1 Å². The minimum atomic E-state index is -0.443. The molecular formula is C9H7NO3. The van der Waals surface area contributed by atoms with E-state index in [1.165, 1.54) is 6.26 Å². The van der Waals surface area contributed by atoms with E-state index in [0.29, 0.717) is 16.3 Å². The van der Waals surface area contributed by atoms with Crippen molar-refractivity contribution >= 4 is 12.7 Å². The summed E-state index contributed by atoms with van der Waals surface area (Å²) in [5, 5.41) is 3.21. The van der Waals surface area contributed by atoms with Crippen molar-refractivity contribution in [1.29, 1.82) is 0 Å². The fourth-order valence-corrected chi connectivity index (χ4v) is 1.00. The Balaban J connectivity index is 2.71. The van der Waals surface area contributed by atoms with Crippen molar-refractivity contribution in [3.63, 3.8) is 0 Å². The van der Waals surface area contributed by atoms with Crippen molar-refractivity contribution in [2.24, 2.45) is 0 Å². The highest BCUT2D eigenvalue weighted by Crippen LogP contribution is 1.98. The summed E-state index contributed by atoms with van der Waals surface area (Å²) in [4.78, 5) is 11.1. The number of hydrogen-bond donors (Lipinski definition) is 1. The van der Waals surface area contributed by atoms with Gasteiger partial charge in [-0.1, -0.05) is 6.58 Å². The second kappa shape index (κ2) is 2.82. The predicted octanol–water partition coefficient (Wildman–Crippen LogP) is -0.200. The normalized spacial score (nSPS) is 12.2. The molecule has 66 valence electrons. The van der Waals surface area contributed by atoms with Crippen LogP contribution in [0.2, 0.25) is 0 Å². The average Bonchev–Trinajstić information content (AvgIpc) is 2.70. The molecule has 2 aromatic rings. The number of aromatic amines is 1. The molecular weight excluding hydrogens is 170 g/mol. The maximum atomic E-state index is 11.1. The molecule has 0 bridgehead atoms. The number of nitrogens with one attached hydrogen (secondary N) is 1. The molecule has 0 atom stereocenters. The van der Waals surface area contributed by atoms with Crippen molar-refractivity contribution < 1.29 is 8.94 Å². The first-order valence-electron chi connectivity index (χ1n) is 3.69. The number of rotatable bonds is 1. The topological polar surface area (TPSA) is 59.1 Å². The lowest BCUT2D eigenvalue weighted by Gasteiger charge is -1.77. The fourth-order valence-electron chi connectivity index (χ4n) is 1.00. The van der Waals surface area contributed by atoms with Crippen LogP contribution in [0.5, 0.6) is 0 Å². The summed E-state index contributed by atoms with van der Waals surface area (Å²) in [7, 11) is 0. The molecule has 1 N–H and O–H groups in total. The molecule has 0 aliphatic carbocycles. The van der Waals surface area contributed by atoms with Gasteiger partial charge in [0.25, 0.3) is 0 Å². The highest BCUT2D eigenvalue weighted by molar-refractivity contribution is 5.41. The maximum absolute atomic E-state index is 11.1. The smallest absolute Gasteiger partial charge is 0.365 e. The first-order chi connectivity index (χ1) is 6.27. The Bertz CT molecular complexity index is 514. The van der Waals surface area contributed by atoms with Crippen molar-refractivity contribution in [1.82, 2.24) is 5.16 Å². The summed E-state index contributed by atoms with van der Waals surface area (Å²) in [6.07, 6.45) is 3.10. The van der Waals surface area contributed by atoms with Crippen LogP contribution in [0.1, 0.15) is 5.76 Å². The Morgan fingerprint density at radius 1 is 1.54 bits per heavy atom. The lowest BCUT2D eigenvalue weighted by Crippen LogP contribution is -2.31. The maximum Gasteiger partial charge on any atom is 0.365 e. The van der Waals surface area contributed by atoms with E-state index in [2.05, 4.69) is 16.3 Å². The Labute approximate surface area is 72.8 Å². The zero-order chi connectivity index (χ0) is 9.26. The Hall–Kier alpha value is -1.97. The zero-order valence-corrected chi connectivity index (χ0v) is 6.74. The van der Waals surface area contributed by atoms with E-state index >= 15 is 0 Å². The molecule has 0 aliphatic heterocycles. The third-order valence-corrected chi connectivity index (χ3v) is 1.64. The van der Waals surface area contributed by atoms with Crippen LogP contribution in [-0.2, 0) is 0 Å². The van der Waals surface area contributed by atoms with E-state index in [1.54, 1.807) is 18.2 Å². The third-order valence-electron chi connectivity index (χ3n) is 1.64. The number of furan rings is 1. The second-order valence-electron chi connectivity index (χ2n) is 2.54. The minimum Gasteiger partial charge on any atom is -0.465 e. The second-order valence-corrected chi connectivity index (χ2v) is 2.54. The van der Waals surface area contributed by atoms with Crippen LogP contribution in [0, 0.1) is 0 Å². The van der Waals surface area contributed by atoms with Crippen molar-refractivity contribution in [2.75, 3.05) is 0 Å². The van der Waals surface area contributed by atoms with Crippen LogP contribution in [0.4, 0.5) is 0 Å². The molecule has 0 unspecified atom stereocenters. The van der Waals surface area contributed by atoms with Gasteiger partial charge in [0.05, 0.1) is 16.8 Å². The average molecular weight is 177 g/mol. The number of hydrogen-bond acceptors (Lipinski definition) is 3. The van der Waals surface area contributed by atoms with E-state index in [-0.39, 0.29) is 0 Å². The monoisotopic (exact) mass is 177 g/mol. The predicted molar refractivity (Wildman–Crippen MR) is 46.4 cm³/mol. The molecule has 2 heterocycles. The molecule has 0 radical (unpaired) electrons. The van der Waals surface area contributed by atoms with Gasteiger partial charge in [-0.15, -0.1) is 0 Å². The summed E-state index contributed by atoms with van der Waals surface area (Å²) >= 11 is 0. The first-order valence-corrected chi connectivity index (χ1v) is 3.69. The van der Waals surface area contributed by atoms with Crippen LogP contribution < -0.4 is 16.2 Å². The summed E-state index contributed by atoms with van der Waals surface area (Å²) in [5.74, 6) is 0.594. The van der Waals surface area contributed by atoms with E-state index in [0.717, 1.165) is 0 Å². The summed E-state index contributed by atoms with van der Waals surface area (Å²) in [6, 6.07) is 3.48. The van der Waals surface area contributed by atoms with Crippen LogP contribution in [0.25, 0.3) is 12.7 Å². The zero-order valence-electron chi connectivity index (χ0n) is 6.74. The third kappa shape index (κ3) is 1.33. The van der Waals surface area contributed by atoms with Crippen molar-refractivity contribution in [3.05, 3.63) is 45.1 Å². The van der Waals surface area contributed by atoms with Gasteiger partial charge in [0, 0.05) is 0 Å². The summed E-state index contributed by atoms with van der Waals surface area (Å²) < 4.78 is 9.57. The molecule has 0 saturated heterocycles. The molecule has 0 spiro atoms. The van der Waals surface area contributed by atoms with Gasteiger partial charge in [-0.3, -0.25) is 0 Å². The van der Waals surface area contributed by atoms with Crippen LogP contribution >= 0.6 is 0 Å². The Morgan fingerprint density at radius 2 is 2.38 bits per heavy atom. The minimum absolute atomic E-state index is 0.384. The number of H-pyrrole nitrogens is 1. The first kappa shape index (κ1) is 7.67. The van der Waals surface area contributed by atoms with E-state index in [4.69, 9.17) is 4.42 Å².